The first-order chi connectivity index (χ1) is 14.0. The maximum absolute atomic E-state index is 12.8. The summed E-state index contributed by atoms with van der Waals surface area (Å²) in [6.45, 7) is 0. The van der Waals surface area contributed by atoms with E-state index in [1.165, 1.54) is 4.90 Å². The number of hydrogen-bond donors (Lipinski definition) is 2. The molecule has 2 heterocycles. The molecule has 2 unspecified atom stereocenters. The number of aliphatic hydroxyl groups excluding tert-OH is 1. The van der Waals surface area contributed by atoms with E-state index in [1.54, 1.807) is 31.3 Å². The van der Waals surface area contributed by atoms with Crippen LogP contribution in [0.2, 0.25) is 0 Å². The molecule has 4 rings (SSSR count). The molecule has 0 saturated heterocycles. The molecule has 2 aromatic carbocycles. The molecule has 3 aromatic rings. The van der Waals surface area contributed by atoms with Crippen molar-refractivity contribution in [3.05, 3.63) is 83.2 Å². The van der Waals surface area contributed by atoms with Crippen molar-refractivity contribution in [3.63, 3.8) is 0 Å². The number of benzene rings is 2. The number of carbonyl (C=O) groups is 2. The van der Waals surface area contributed by atoms with Gasteiger partial charge in [-0.2, -0.15) is 0 Å². The Bertz CT molecular complexity index is 1030. The van der Waals surface area contributed by atoms with E-state index in [-0.39, 0.29) is 18.0 Å². The number of para-hydroxylation sites is 1. The first-order valence-electron chi connectivity index (χ1n) is 9.38. The second-order valence-corrected chi connectivity index (χ2v) is 7.07. The van der Waals surface area contributed by atoms with E-state index in [0.29, 0.717) is 23.4 Å². The van der Waals surface area contributed by atoms with Gasteiger partial charge >= 0.3 is 0 Å². The fourth-order valence-electron chi connectivity index (χ4n) is 3.53. The number of rotatable bonds is 4. The molecule has 1 aliphatic rings. The Kier molecular flexibility index (Phi) is 5.14. The van der Waals surface area contributed by atoms with Crippen molar-refractivity contribution >= 4 is 17.5 Å². The zero-order chi connectivity index (χ0) is 20.4. The van der Waals surface area contributed by atoms with Gasteiger partial charge < -0.3 is 19.8 Å². The Morgan fingerprint density at radius 1 is 1.21 bits per heavy atom. The van der Waals surface area contributed by atoms with Crippen LogP contribution in [0.15, 0.2) is 65.2 Å². The third-order valence-electron chi connectivity index (χ3n) is 5.06. The van der Waals surface area contributed by atoms with Gasteiger partial charge in [-0.15, -0.1) is 0 Å². The third kappa shape index (κ3) is 3.90. The third-order valence-corrected chi connectivity index (χ3v) is 5.06. The molecular weight excluding hydrogens is 370 g/mol. The number of fused-ring (bicyclic) bond motifs is 1. The summed E-state index contributed by atoms with van der Waals surface area (Å²) in [5.74, 6) is -0.258. The molecule has 7 nitrogen and oxygen atoms in total. The molecule has 0 aliphatic carbocycles. The monoisotopic (exact) mass is 391 g/mol. The summed E-state index contributed by atoms with van der Waals surface area (Å²) in [5, 5.41) is 17.0. The lowest BCUT2D eigenvalue weighted by Crippen LogP contribution is -2.47. The van der Waals surface area contributed by atoms with Crippen LogP contribution in [-0.2, 0) is 11.2 Å². The molecule has 0 bridgehead atoms. The van der Waals surface area contributed by atoms with Gasteiger partial charge in [0.15, 0.2) is 5.69 Å². The van der Waals surface area contributed by atoms with Gasteiger partial charge in [0.05, 0.1) is 6.10 Å². The molecule has 0 radical (unpaired) electrons. The predicted molar refractivity (Wildman–Crippen MR) is 106 cm³/mol. The second kappa shape index (κ2) is 7.89. The molecule has 0 spiro atoms. The standard InChI is InChI=1S/C22H21N3O4/c1-25-19-10-6-5-9-16(19)20(26)13-18(22(25)28)23-21(27)17-12-15(29-24-17)11-14-7-3-2-4-8-14/h2-10,12,18,20,26H,11,13H2,1H3,(H,23,27). The Hall–Kier alpha value is -3.45. The summed E-state index contributed by atoms with van der Waals surface area (Å²) in [7, 11) is 1.63. The molecule has 1 aromatic heterocycles. The molecule has 0 fully saturated rings. The van der Waals surface area contributed by atoms with Crippen molar-refractivity contribution in [1.29, 1.82) is 0 Å². The van der Waals surface area contributed by atoms with Crippen molar-refractivity contribution in [2.24, 2.45) is 0 Å². The normalized spacial score (nSPS) is 18.8. The van der Waals surface area contributed by atoms with Crippen LogP contribution in [0.1, 0.15) is 39.9 Å². The van der Waals surface area contributed by atoms with Crippen LogP contribution in [0.5, 0.6) is 0 Å². The Morgan fingerprint density at radius 2 is 1.93 bits per heavy atom. The minimum atomic E-state index is -0.871. The van der Waals surface area contributed by atoms with Crippen molar-refractivity contribution in [2.45, 2.75) is 25.0 Å². The van der Waals surface area contributed by atoms with Gasteiger partial charge in [0.1, 0.15) is 11.8 Å². The number of carbonyl (C=O) groups excluding carboxylic acids is 2. The van der Waals surface area contributed by atoms with Gasteiger partial charge in [0, 0.05) is 37.2 Å². The molecule has 148 valence electrons. The summed E-state index contributed by atoms with van der Waals surface area (Å²) in [6, 6.07) is 17.6. The van der Waals surface area contributed by atoms with E-state index in [4.69, 9.17) is 4.52 Å². The fraction of sp³-hybridized carbons (Fsp3) is 0.227. The van der Waals surface area contributed by atoms with Gasteiger partial charge in [-0.3, -0.25) is 9.59 Å². The highest BCUT2D eigenvalue weighted by Crippen LogP contribution is 2.32. The first-order valence-corrected chi connectivity index (χ1v) is 9.38. The summed E-state index contributed by atoms with van der Waals surface area (Å²) < 4.78 is 5.27. The maximum atomic E-state index is 12.8. The number of nitrogens with one attached hydrogen (secondary N) is 1. The van der Waals surface area contributed by atoms with Gasteiger partial charge in [-0.1, -0.05) is 53.7 Å². The largest absolute Gasteiger partial charge is 0.388 e. The van der Waals surface area contributed by atoms with E-state index < -0.39 is 18.1 Å². The number of amides is 2. The molecule has 0 saturated carbocycles. The van der Waals surface area contributed by atoms with Gasteiger partial charge in [-0.25, -0.2) is 0 Å². The van der Waals surface area contributed by atoms with Crippen LogP contribution >= 0.6 is 0 Å². The summed E-state index contributed by atoms with van der Waals surface area (Å²) in [4.78, 5) is 26.9. The number of aromatic nitrogens is 1. The average Bonchev–Trinajstić information content (AvgIpc) is 3.18. The van der Waals surface area contributed by atoms with Gasteiger partial charge in [0.25, 0.3) is 5.91 Å². The maximum Gasteiger partial charge on any atom is 0.274 e. The van der Waals surface area contributed by atoms with Crippen LogP contribution in [0.4, 0.5) is 5.69 Å². The topological polar surface area (TPSA) is 95.7 Å². The van der Waals surface area contributed by atoms with Crippen LogP contribution < -0.4 is 10.2 Å². The van der Waals surface area contributed by atoms with E-state index >= 15 is 0 Å². The summed E-state index contributed by atoms with van der Waals surface area (Å²) in [5.41, 5.74) is 2.43. The minimum absolute atomic E-state index is 0.0840. The highest BCUT2D eigenvalue weighted by atomic mass is 16.5. The molecular formula is C22H21N3O4. The lowest BCUT2D eigenvalue weighted by atomic mass is 10.0. The van der Waals surface area contributed by atoms with Crippen molar-refractivity contribution in [2.75, 3.05) is 11.9 Å². The Labute approximate surface area is 167 Å². The zero-order valence-electron chi connectivity index (χ0n) is 15.9. The Balaban J connectivity index is 1.48. The minimum Gasteiger partial charge on any atom is -0.388 e. The highest BCUT2D eigenvalue weighted by Gasteiger charge is 2.34. The molecule has 1 aliphatic heterocycles. The van der Waals surface area contributed by atoms with Crippen LogP contribution in [0.3, 0.4) is 0 Å². The SMILES string of the molecule is CN1C(=O)C(NC(=O)c2cc(Cc3ccccc3)on2)CC(O)c2ccccc21. The van der Waals surface area contributed by atoms with Crippen molar-refractivity contribution in [3.8, 4) is 0 Å². The average molecular weight is 391 g/mol. The Morgan fingerprint density at radius 3 is 2.72 bits per heavy atom. The van der Waals surface area contributed by atoms with Crippen molar-refractivity contribution < 1.29 is 19.2 Å². The van der Waals surface area contributed by atoms with Gasteiger partial charge in [-0.05, 0) is 11.6 Å². The van der Waals surface area contributed by atoms with E-state index in [0.717, 1.165) is 5.56 Å². The van der Waals surface area contributed by atoms with E-state index in [2.05, 4.69) is 10.5 Å². The lowest BCUT2D eigenvalue weighted by molar-refractivity contribution is -0.120. The molecule has 2 amide bonds. The molecule has 2 atom stereocenters. The molecule has 29 heavy (non-hydrogen) atoms. The number of nitrogens with zero attached hydrogens (tertiary/aromatic N) is 2. The zero-order valence-corrected chi connectivity index (χ0v) is 15.9. The van der Waals surface area contributed by atoms with Crippen LogP contribution in [0, 0.1) is 0 Å². The fourth-order valence-corrected chi connectivity index (χ4v) is 3.53. The van der Waals surface area contributed by atoms with Crippen LogP contribution in [0.25, 0.3) is 0 Å². The smallest absolute Gasteiger partial charge is 0.274 e. The quantitative estimate of drug-likeness (QED) is 0.712. The summed E-state index contributed by atoms with van der Waals surface area (Å²) in [6.07, 6.45) is -0.266. The number of likely N-dealkylation sites (N-methyl/N-ethyl adjacent to an activating group) is 1. The number of aliphatic hydroxyl groups is 1. The number of hydrogen-bond acceptors (Lipinski definition) is 5. The molecule has 2 N–H and O–H groups in total. The van der Waals surface area contributed by atoms with Gasteiger partial charge in [0.2, 0.25) is 5.91 Å². The van der Waals surface area contributed by atoms with Crippen LogP contribution in [-0.4, -0.2) is 35.2 Å². The molecule has 7 heteroatoms. The second-order valence-electron chi connectivity index (χ2n) is 7.07. The van der Waals surface area contributed by atoms with E-state index in [9.17, 15) is 14.7 Å². The summed E-state index contributed by atoms with van der Waals surface area (Å²) >= 11 is 0. The number of anilines is 1. The highest BCUT2D eigenvalue weighted by molar-refractivity contribution is 6.02. The predicted octanol–water partition coefficient (Wildman–Crippen LogP) is 2.46. The lowest BCUT2D eigenvalue weighted by Gasteiger charge is -2.21. The first kappa shape index (κ1) is 18.9. The van der Waals surface area contributed by atoms with Crippen molar-refractivity contribution in [1.82, 2.24) is 10.5 Å². The van der Waals surface area contributed by atoms with E-state index in [1.807, 2.05) is 36.4 Å².